The number of aliphatic hydroxyl groups excluding tert-OH is 1. The standard InChI is InChI=1S/C20H21F3N4O3/c21-20(22,23)30-15-5-3-13(4-6-15)17(28)12-26-7-9-27(10-8-26)19-16(11-24)25-18(29-19)14-1-2-14/h3-6,14,17,28H,1-2,7-10,12H2/t17-/m1/s1. The summed E-state index contributed by atoms with van der Waals surface area (Å²) in [4.78, 5) is 8.35. The van der Waals surface area contributed by atoms with Crippen LogP contribution in [0, 0.1) is 11.3 Å². The molecule has 2 heterocycles. The minimum atomic E-state index is -4.74. The summed E-state index contributed by atoms with van der Waals surface area (Å²) in [5.74, 6) is 1.16. The van der Waals surface area contributed by atoms with E-state index in [1.54, 1.807) is 0 Å². The molecule has 30 heavy (non-hydrogen) atoms. The summed E-state index contributed by atoms with van der Waals surface area (Å²) in [5, 5.41) is 19.8. The minimum absolute atomic E-state index is 0.312. The normalized spacial score (nSPS) is 18.8. The zero-order valence-corrected chi connectivity index (χ0v) is 16.1. The fraction of sp³-hybridized carbons (Fsp3) is 0.500. The molecule has 4 rings (SSSR count). The second-order valence-corrected chi connectivity index (χ2v) is 7.51. The number of aliphatic hydroxyl groups is 1. The molecule has 1 aromatic carbocycles. The first-order valence-corrected chi connectivity index (χ1v) is 9.74. The number of hydrogen-bond donors (Lipinski definition) is 1. The van der Waals surface area contributed by atoms with E-state index in [1.165, 1.54) is 24.3 Å². The number of piperazine rings is 1. The number of rotatable bonds is 6. The summed E-state index contributed by atoms with van der Waals surface area (Å²) in [6.07, 6.45) is -3.49. The molecule has 7 nitrogen and oxygen atoms in total. The molecule has 0 bridgehead atoms. The molecule has 1 N–H and O–H groups in total. The van der Waals surface area contributed by atoms with Crippen molar-refractivity contribution in [2.75, 3.05) is 37.6 Å². The van der Waals surface area contributed by atoms with Crippen LogP contribution in [0.4, 0.5) is 19.1 Å². The summed E-state index contributed by atoms with van der Waals surface area (Å²) >= 11 is 0. The summed E-state index contributed by atoms with van der Waals surface area (Å²) in [5.41, 5.74) is 0.828. The van der Waals surface area contributed by atoms with Crippen LogP contribution in [0.2, 0.25) is 0 Å². The fourth-order valence-corrected chi connectivity index (χ4v) is 3.50. The predicted octanol–water partition coefficient (Wildman–Crippen LogP) is 3.18. The van der Waals surface area contributed by atoms with Crippen molar-refractivity contribution < 1.29 is 27.4 Å². The zero-order valence-electron chi connectivity index (χ0n) is 16.1. The van der Waals surface area contributed by atoms with Crippen LogP contribution in [0.3, 0.4) is 0 Å². The van der Waals surface area contributed by atoms with E-state index in [4.69, 9.17) is 4.42 Å². The van der Waals surface area contributed by atoms with E-state index in [0.717, 1.165) is 12.8 Å². The van der Waals surface area contributed by atoms with Gasteiger partial charge in [-0.15, -0.1) is 13.2 Å². The zero-order chi connectivity index (χ0) is 21.3. The highest BCUT2D eigenvalue weighted by atomic mass is 19.4. The molecule has 0 unspecified atom stereocenters. The highest BCUT2D eigenvalue weighted by Crippen LogP contribution is 2.41. The number of nitrogens with zero attached hydrogens (tertiary/aromatic N) is 4. The molecule has 1 aliphatic carbocycles. The van der Waals surface area contributed by atoms with Crippen molar-refractivity contribution in [3.63, 3.8) is 0 Å². The molecule has 10 heteroatoms. The Labute approximate surface area is 171 Å². The Morgan fingerprint density at radius 3 is 2.43 bits per heavy atom. The van der Waals surface area contributed by atoms with Gasteiger partial charge in [-0.3, -0.25) is 4.90 Å². The second-order valence-electron chi connectivity index (χ2n) is 7.51. The summed E-state index contributed by atoms with van der Waals surface area (Å²) in [7, 11) is 0. The smallest absolute Gasteiger partial charge is 0.423 e. The van der Waals surface area contributed by atoms with Crippen LogP contribution in [-0.2, 0) is 0 Å². The van der Waals surface area contributed by atoms with Crippen LogP contribution >= 0.6 is 0 Å². The Kier molecular flexibility index (Phi) is 5.58. The topological polar surface area (TPSA) is 85.8 Å². The average Bonchev–Trinajstić information content (AvgIpc) is 3.47. The van der Waals surface area contributed by atoms with Crippen molar-refractivity contribution in [3.8, 4) is 11.8 Å². The Morgan fingerprint density at radius 2 is 1.87 bits per heavy atom. The van der Waals surface area contributed by atoms with Crippen LogP contribution in [0.5, 0.6) is 5.75 Å². The number of β-amino-alcohol motifs (C(OH)–C–C–N with tert-alkyl or cyclic N) is 1. The molecule has 0 radical (unpaired) electrons. The van der Waals surface area contributed by atoms with Crippen LogP contribution in [0.1, 0.15) is 42.0 Å². The number of nitriles is 1. The molecule has 1 saturated carbocycles. The lowest BCUT2D eigenvalue weighted by molar-refractivity contribution is -0.274. The third-order valence-corrected chi connectivity index (χ3v) is 5.25. The highest BCUT2D eigenvalue weighted by Gasteiger charge is 2.33. The van der Waals surface area contributed by atoms with Gasteiger partial charge in [-0.1, -0.05) is 12.1 Å². The molecule has 1 aromatic heterocycles. The van der Waals surface area contributed by atoms with E-state index < -0.39 is 12.5 Å². The molecule has 2 aromatic rings. The van der Waals surface area contributed by atoms with Crippen molar-refractivity contribution in [1.82, 2.24) is 9.88 Å². The molecule has 2 aliphatic rings. The first kappa shape index (κ1) is 20.5. The van der Waals surface area contributed by atoms with E-state index in [0.29, 0.717) is 61.7 Å². The van der Waals surface area contributed by atoms with E-state index in [9.17, 15) is 23.5 Å². The van der Waals surface area contributed by atoms with E-state index in [-0.39, 0.29) is 5.75 Å². The molecule has 0 amide bonds. The van der Waals surface area contributed by atoms with Crippen molar-refractivity contribution in [2.45, 2.75) is 31.2 Å². The van der Waals surface area contributed by atoms with Crippen molar-refractivity contribution in [3.05, 3.63) is 41.4 Å². The monoisotopic (exact) mass is 422 g/mol. The summed E-state index contributed by atoms with van der Waals surface area (Å²) in [6.45, 7) is 2.90. The second kappa shape index (κ2) is 8.16. The van der Waals surface area contributed by atoms with Gasteiger partial charge in [0.15, 0.2) is 0 Å². The highest BCUT2D eigenvalue weighted by molar-refractivity contribution is 5.48. The number of ether oxygens (including phenoxy) is 1. The number of oxazole rings is 1. The van der Waals surface area contributed by atoms with Gasteiger partial charge in [0.25, 0.3) is 0 Å². The lowest BCUT2D eigenvalue weighted by Crippen LogP contribution is -2.47. The maximum Gasteiger partial charge on any atom is 0.573 e. The average molecular weight is 422 g/mol. The lowest BCUT2D eigenvalue weighted by Gasteiger charge is -2.35. The van der Waals surface area contributed by atoms with Gasteiger partial charge in [-0.05, 0) is 30.5 Å². The predicted molar refractivity (Wildman–Crippen MR) is 99.9 cm³/mol. The van der Waals surface area contributed by atoms with E-state index >= 15 is 0 Å². The molecule has 2 fully saturated rings. The van der Waals surface area contributed by atoms with Gasteiger partial charge < -0.3 is 19.2 Å². The molecular formula is C20H21F3N4O3. The number of benzene rings is 1. The van der Waals surface area contributed by atoms with Crippen molar-refractivity contribution >= 4 is 5.88 Å². The molecule has 1 atom stereocenters. The number of aromatic nitrogens is 1. The summed E-state index contributed by atoms with van der Waals surface area (Å²) in [6, 6.07) is 7.33. The van der Waals surface area contributed by atoms with Crippen molar-refractivity contribution in [2.24, 2.45) is 0 Å². The van der Waals surface area contributed by atoms with Crippen LogP contribution in [0.25, 0.3) is 0 Å². The first-order chi connectivity index (χ1) is 14.3. The minimum Gasteiger partial charge on any atom is -0.423 e. The Hall–Kier alpha value is -2.77. The van der Waals surface area contributed by atoms with Gasteiger partial charge in [0.05, 0.1) is 6.10 Å². The van der Waals surface area contributed by atoms with Crippen molar-refractivity contribution in [1.29, 1.82) is 5.26 Å². The van der Waals surface area contributed by atoms with Crippen LogP contribution in [0.15, 0.2) is 28.7 Å². The van der Waals surface area contributed by atoms with Gasteiger partial charge in [0, 0.05) is 38.6 Å². The van der Waals surface area contributed by atoms with Gasteiger partial charge in [0.1, 0.15) is 11.8 Å². The maximum absolute atomic E-state index is 12.2. The van der Waals surface area contributed by atoms with Gasteiger partial charge in [-0.25, -0.2) is 4.98 Å². The van der Waals surface area contributed by atoms with Gasteiger partial charge in [-0.2, -0.15) is 5.26 Å². The first-order valence-electron chi connectivity index (χ1n) is 9.74. The van der Waals surface area contributed by atoms with Crippen LogP contribution in [-0.4, -0.2) is 54.1 Å². The fourth-order valence-electron chi connectivity index (χ4n) is 3.50. The third kappa shape index (κ3) is 4.86. The quantitative estimate of drug-likeness (QED) is 0.765. The van der Waals surface area contributed by atoms with Crippen LogP contribution < -0.4 is 9.64 Å². The molecule has 160 valence electrons. The number of anilines is 1. The SMILES string of the molecule is N#Cc1nc(C2CC2)oc1N1CCN(C[C@@H](O)c2ccc(OC(F)(F)F)cc2)CC1. The number of alkyl halides is 3. The maximum atomic E-state index is 12.2. The molecule has 1 saturated heterocycles. The Morgan fingerprint density at radius 1 is 1.20 bits per heavy atom. The number of hydrogen-bond acceptors (Lipinski definition) is 7. The number of halogens is 3. The van der Waals surface area contributed by atoms with E-state index in [1.807, 2.05) is 4.90 Å². The summed E-state index contributed by atoms with van der Waals surface area (Å²) < 4.78 is 46.4. The largest absolute Gasteiger partial charge is 0.573 e. The van der Waals surface area contributed by atoms with E-state index in [2.05, 4.69) is 20.7 Å². The molecule has 0 spiro atoms. The van der Waals surface area contributed by atoms with Gasteiger partial charge in [0.2, 0.25) is 17.5 Å². The Bertz CT molecular complexity index is 911. The molecular weight excluding hydrogens is 401 g/mol. The Balaban J connectivity index is 1.31. The molecule has 1 aliphatic heterocycles. The third-order valence-electron chi connectivity index (χ3n) is 5.25. The van der Waals surface area contributed by atoms with Gasteiger partial charge >= 0.3 is 6.36 Å². The lowest BCUT2D eigenvalue weighted by atomic mass is 10.1.